The normalized spacial score (nSPS) is 34.2. The molecule has 0 amide bonds. The van der Waals surface area contributed by atoms with Gasteiger partial charge in [0.1, 0.15) is 0 Å². The molecule has 0 aromatic carbocycles. The Kier molecular flexibility index (Phi) is 4.67. The molecule has 1 aliphatic carbocycles. The Morgan fingerprint density at radius 3 is 2.11 bits per heavy atom. The molecule has 3 nitrogen and oxygen atoms in total. The monoisotopic (exact) mass is 266 g/mol. The van der Waals surface area contributed by atoms with E-state index in [1.807, 2.05) is 0 Å². The van der Waals surface area contributed by atoms with Crippen molar-refractivity contribution in [3.05, 3.63) is 0 Å². The lowest BCUT2D eigenvalue weighted by Crippen LogP contribution is -2.58. The lowest BCUT2D eigenvalue weighted by molar-refractivity contribution is -0.136. The molecule has 1 heterocycles. The quantitative estimate of drug-likeness (QED) is 0.851. The number of ketones is 1. The maximum atomic E-state index is 12.9. The van der Waals surface area contributed by atoms with Gasteiger partial charge in [0.05, 0.1) is 5.54 Å². The van der Waals surface area contributed by atoms with E-state index < -0.39 is 0 Å². The summed E-state index contributed by atoms with van der Waals surface area (Å²) < 4.78 is 0. The molecule has 19 heavy (non-hydrogen) atoms. The number of Topliss-reactive ketones (excluding diaryl/α,β-unsaturated/α-hetero) is 1. The molecule has 0 spiro atoms. The summed E-state index contributed by atoms with van der Waals surface area (Å²) in [4.78, 5) is 15.3. The maximum absolute atomic E-state index is 12.9. The summed E-state index contributed by atoms with van der Waals surface area (Å²) in [6.45, 7) is 12.9. The molecule has 2 atom stereocenters. The highest BCUT2D eigenvalue weighted by Crippen LogP contribution is 2.36. The van der Waals surface area contributed by atoms with Crippen LogP contribution in [0.3, 0.4) is 0 Å². The minimum absolute atomic E-state index is 0.281. The summed E-state index contributed by atoms with van der Waals surface area (Å²) in [6, 6.07) is 0. The van der Waals surface area contributed by atoms with Crippen molar-refractivity contribution in [1.29, 1.82) is 0 Å². The smallest absolute Gasteiger partial charge is 0.155 e. The molecule has 110 valence electrons. The van der Waals surface area contributed by atoms with Gasteiger partial charge in [-0.3, -0.25) is 9.69 Å². The van der Waals surface area contributed by atoms with Gasteiger partial charge >= 0.3 is 0 Å². The molecule has 0 radical (unpaired) electrons. The first-order valence-corrected chi connectivity index (χ1v) is 7.91. The third-order valence-electron chi connectivity index (χ3n) is 5.06. The highest BCUT2D eigenvalue weighted by Gasteiger charge is 2.41. The van der Waals surface area contributed by atoms with E-state index in [1.165, 1.54) is 6.42 Å². The fourth-order valence-corrected chi connectivity index (χ4v) is 4.04. The van der Waals surface area contributed by atoms with Crippen molar-refractivity contribution in [2.24, 2.45) is 17.8 Å². The third kappa shape index (κ3) is 3.38. The molecule has 2 fully saturated rings. The minimum Gasteiger partial charge on any atom is -0.314 e. The second-order valence-corrected chi connectivity index (χ2v) is 7.27. The number of carbonyl (C=O) groups excluding carboxylic acids is 1. The topological polar surface area (TPSA) is 32.3 Å². The second-order valence-electron chi connectivity index (χ2n) is 7.27. The number of hydrogen-bond donors (Lipinski definition) is 1. The van der Waals surface area contributed by atoms with Crippen LogP contribution in [0.15, 0.2) is 0 Å². The average Bonchev–Trinajstić information content (AvgIpc) is 2.37. The van der Waals surface area contributed by atoms with Crippen LogP contribution in [0, 0.1) is 17.8 Å². The zero-order valence-corrected chi connectivity index (χ0v) is 13.0. The molecule has 3 heteroatoms. The van der Waals surface area contributed by atoms with Crippen LogP contribution >= 0.6 is 0 Å². The van der Waals surface area contributed by atoms with Gasteiger partial charge in [0.2, 0.25) is 0 Å². The first kappa shape index (κ1) is 15.0. The Labute approximate surface area is 118 Å². The van der Waals surface area contributed by atoms with Gasteiger partial charge in [0.25, 0.3) is 0 Å². The molecule has 2 unspecified atom stereocenters. The maximum Gasteiger partial charge on any atom is 0.155 e. The van der Waals surface area contributed by atoms with Gasteiger partial charge < -0.3 is 5.32 Å². The minimum atomic E-state index is -0.288. The molecule has 2 aliphatic rings. The van der Waals surface area contributed by atoms with Crippen LogP contribution in [-0.2, 0) is 4.79 Å². The van der Waals surface area contributed by atoms with Crippen LogP contribution in [0.5, 0.6) is 0 Å². The lowest BCUT2D eigenvalue weighted by Gasteiger charge is -2.43. The summed E-state index contributed by atoms with van der Waals surface area (Å²) in [7, 11) is 0. The zero-order valence-electron chi connectivity index (χ0n) is 13.0. The van der Waals surface area contributed by atoms with Crippen LogP contribution < -0.4 is 5.32 Å². The summed E-state index contributed by atoms with van der Waals surface area (Å²) in [5.41, 5.74) is -0.288. The van der Waals surface area contributed by atoms with E-state index in [0.717, 1.165) is 39.0 Å². The van der Waals surface area contributed by atoms with Gasteiger partial charge in [-0.2, -0.15) is 0 Å². The number of piperazine rings is 1. The van der Waals surface area contributed by atoms with E-state index in [1.54, 1.807) is 0 Å². The highest BCUT2D eigenvalue weighted by atomic mass is 16.1. The Morgan fingerprint density at radius 2 is 1.58 bits per heavy atom. The summed E-state index contributed by atoms with van der Waals surface area (Å²) in [6.07, 6.45) is 3.48. The van der Waals surface area contributed by atoms with Crippen molar-refractivity contribution in [3.63, 3.8) is 0 Å². The molecular formula is C16H30N2O. The molecule has 1 N–H and O–H groups in total. The largest absolute Gasteiger partial charge is 0.314 e. The molecule has 1 saturated carbocycles. The van der Waals surface area contributed by atoms with Crippen LogP contribution in [0.2, 0.25) is 0 Å². The van der Waals surface area contributed by atoms with Gasteiger partial charge in [-0.15, -0.1) is 0 Å². The molecule has 0 bridgehead atoms. The first-order valence-electron chi connectivity index (χ1n) is 7.91. The van der Waals surface area contributed by atoms with Crippen LogP contribution in [0.1, 0.15) is 47.0 Å². The van der Waals surface area contributed by atoms with Gasteiger partial charge in [0.15, 0.2) is 5.78 Å². The zero-order chi connectivity index (χ0) is 14.0. The Bertz CT molecular complexity index is 311. The molecule has 0 aromatic heterocycles. The van der Waals surface area contributed by atoms with Gasteiger partial charge in [-0.05, 0) is 44.9 Å². The molecular weight excluding hydrogens is 236 g/mol. The Hall–Kier alpha value is -0.410. The van der Waals surface area contributed by atoms with Crippen LogP contribution in [0.25, 0.3) is 0 Å². The van der Waals surface area contributed by atoms with E-state index >= 15 is 0 Å². The van der Waals surface area contributed by atoms with Crippen molar-refractivity contribution in [2.45, 2.75) is 52.5 Å². The predicted octanol–water partition coefficient (Wildman–Crippen LogP) is 2.31. The lowest BCUT2D eigenvalue weighted by atomic mass is 9.71. The number of hydrogen-bond acceptors (Lipinski definition) is 3. The molecule has 0 aromatic rings. The van der Waals surface area contributed by atoms with Crippen molar-refractivity contribution in [2.75, 3.05) is 26.2 Å². The number of nitrogens with zero attached hydrogens (tertiary/aromatic N) is 1. The summed E-state index contributed by atoms with van der Waals surface area (Å²) in [5.74, 6) is 2.17. The second kappa shape index (κ2) is 5.92. The van der Waals surface area contributed by atoms with Crippen molar-refractivity contribution >= 4 is 5.78 Å². The van der Waals surface area contributed by atoms with Gasteiger partial charge in [-0.25, -0.2) is 0 Å². The van der Waals surface area contributed by atoms with E-state index in [4.69, 9.17) is 0 Å². The van der Waals surface area contributed by atoms with Crippen molar-refractivity contribution < 1.29 is 4.79 Å². The van der Waals surface area contributed by atoms with Crippen molar-refractivity contribution in [3.8, 4) is 0 Å². The molecule has 2 rings (SSSR count). The molecule has 1 aliphatic heterocycles. The highest BCUT2D eigenvalue weighted by molar-refractivity contribution is 5.89. The number of nitrogens with one attached hydrogen (secondary N) is 1. The first-order chi connectivity index (χ1) is 8.91. The predicted molar refractivity (Wildman–Crippen MR) is 79.2 cm³/mol. The standard InChI is InChI=1S/C16H30N2O/c1-12-9-13(2)11-14(10-12)15(19)16(3,4)18-7-5-17-6-8-18/h12-14,17H,5-11H2,1-4H3. The average molecular weight is 266 g/mol. The van der Waals surface area contributed by atoms with E-state index in [0.29, 0.717) is 17.6 Å². The summed E-state index contributed by atoms with van der Waals surface area (Å²) >= 11 is 0. The van der Waals surface area contributed by atoms with E-state index in [2.05, 4.69) is 37.9 Å². The van der Waals surface area contributed by atoms with Gasteiger partial charge in [-0.1, -0.05) is 13.8 Å². The molecule has 1 saturated heterocycles. The Balaban J connectivity index is 2.04. The fourth-order valence-electron chi connectivity index (χ4n) is 4.04. The van der Waals surface area contributed by atoms with Crippen molar-refractivity contribution in [1.82, 2.24) is 10.2 Å². The van der Waals surface area contributed by atoms with Crippen LogP contribution in [0.4, 0.5) is 0 Å². The number of carbonyl (C=O) groups is 1. The third-order valence-corrected chi connectivity index (χ3v) is 5.06. The Morgan fingerprint density at radius 1 is 1.05 bits per heavy atom. The van der Waals surface area contributed by atoms with Crippen LogP contribution in [-0.4, -0.2) is 42.4 Å². The number of rotatable bonds is 3. The summed E-state index contributed by atoms with van der Waals surface area (Å²) in [5, 5.41) is 3.37. The fraction of sp³-hybridized carbons (Fsp3) is 0.938. The van der Waals surface area contributed by atoms with E-state index in [9.17, 15) is 4.79 Å². The SMILES string of the molecule is CC1CC(C)CC(C(=O)C(C)(C)N2CCNCC2)C1. The van der Waals surface area contributed by atoms with Gasteiger partial charge in [0, 0.05) is 32.1 Å². The van der Waals surface area contributed by atoms with E-state index in [-0.39, 0.29) is 11.5 Å².